The average Bonchev–Trinajstić information content (AvgIpc) is 2.38. The number of fused-ring (bicyclic) bond motifs is 1. The molecule has 0 spiro atoms. The fourth-order valence-corrected chi connectivity index (χ4v) is 2.31. The zero-order chi connectivity index (χ0) is 14.8. The van der Waals surface area contributed by atoms with Gasteiger partial charge in [-0.05, 0) is 31.1 Å². The van der Waals surface area contributed by atoms with Crippen LogP contribution in [0.4, 0.5) is 5.82 Å². The SMILES string of the molecule is CN(Cc1nc(N)c2ccccc2n1)CC(C)(C)CN. The van der Waals surface area contributed by atoms with Crippen LogP contribution in [0.3, 0.4) is 0 Å². The normalized spacial score (nSPS) is 12.2. The van der Waals surface area contributed by atoms with Gasteiger partial charge in [-0.15, -0.1) is 0 Å². The number of nitrogen functional groups attached to an aromatic ring is 1. The van der Waals surface area contributed by atoms with Gasteiger partial charge in [-0.25, -0.2) is 9.97 Å². The Morgan fingerprint density at radius 2 is 1.90 bits per heavy atom. The third-order valence-corrected chi connectivity index (χ3v) is 3.34. The topological polar surface area (TPSA) is 81.1 Å². The molecule has 0 radical (unpaired) electrons. The van der Waals surface area contributed by atoms with Gasteiger partial charge in [-0.2, -0.15) is 0 Å². The van der Waals surface area contributed by atoms with Crippen LogP contribution in [0.15, 0.2) is 24.3 Å². The highest BCUT2D eigenvalue weighted by molar-refractivity contribution is 5.87. The molecule has 0 unspecified atom stereocenters. The summed E-state index contributed by atoms with van der Waals surface area (Å²) in [6.45, 7) is 6.51. The second kappa shape index (κ2) is 5.73. The quantitative estimate of drug-likeness (QED) is 0.865. The monoisotopic (exact) mass is 273 g/mol. The van der Waals surface area contributed by atoms with Crippen LogP contribution in [0, 0.1) is 5.41 Å². The minimum Gasteiger partial charge on any atom is -0.383 e. The summed E-state index contributed by atoms with van der Waals surface area (Å²) in [5, 5.41) is 0.904. The number of para-hydroxylation sites is 1. The van der Waals surface area contributed by atoms with Gasteiger partial charge in [-0.3, -0.25) is 4.90 Å². The maximum Gasteiger partial charge on any atom is 0.145 e. The smallest absolute Gasteiger partial charge is 0.145 e. The predicted molar refractivity (Wildman–Crippen MR) is 83.1 cm³/mol. The van der Waals surface area contributed by atoms with Gasteiger partial charge in [0.15, 0.2) is 0 Å². The van der Waals surface area contributed by atoms with Crippen LogP contribution in [0.2, 0.25) is 0 Å². The van der Waals surface area contributed by atoms with Crippen molar-refractivity contribution >= 4 is 16.7 Å². The van der Waals surface area contributed by atoms with Gasteiger partial charge in [-0.1, -0.05) is 26.0 Å². The van der Waals surface area contributed by atoms with E-state index in [1.165, 1.54) is 0 Å². The van der Waals surface area contributed by atoms with Crippen molar-refractivity contribution < 1.29 is 0 Å². The summed E-state index contributed by atoms with van der Waals surface area (Å²) in [5.74, 6) is 1.29. The molecule has 5 nitrogen and oxygen atoms in total. The summed E-state index contributed by atoms with van der Waals surface area (Å²) < 4.78 is 0. The van der Waals surface area contributed by atoms with Gasteiger partial charge in [0.05, 0.1) is 12.1 Å². The highest BCUT2D eigenvalue weighted by Crippen LogP contribution is 2.19. The number of benzene rings is 1. The van der Waals surface area contributed by atoms with E-state index in [9.17, 15) is 0 Å². The minimum absolute atomic E-state index is 0.0805. The Kier molecular flexibility index (Phi) is 4.20. The van der Waals surface area contributed by atoms with Gasteiger partial charge in [0, 0.05) is 11.9 Å². The first-order valence-electron chi connectivity index (χ1n) is 6.81. The van der Waals surface area contributed by atoms with E-state index < -0.39 is 0 Å². The highest BCUT2D eigenvalue weighted by Gasteiger charge is 2.18. The molecule has 0 atom stereocenters. The fourth-order valence-electron chi connectivity index (χ4n) is 2.31. The molecule has 0 aliphatic carbocycles. The maximum absolute atomic E-state index is 6.00. The lowest BCUT2D eigenvalue weighted by Crippen LogP contribution is -2.36. The molecule has 0 amide bonds. The molecule has 1 aromatic carbocycles. The molecular weight excluding hydrogens is 250 g/mol. The Labute approximate surface area is 120 Å². The Morgan fingerprint density at radius 3 is 2.60 bits per heavy atom. The van der Waals surface area contributed by atoms with Crippen molar-refractivity contribution in [1.82, 2.24) is 14.9 Å². The van der Waals surface area contributed by atoms with Gasteiger partial charge >= 0.3 is 0 Å². The zero-order valence-corrected chi connectivity index (χ0v) is 12.4. The third kappa shape index (κ3) is 3.43. The lowest BCUT2D eigenvalue weighted by molar-refractivity contribution is 0.206. The van der Waals surface area contributed by atoms with Crippen LogP contribution >= 0.6 is 0 Å². The third-order valence-electron chi connectivity index (χ3n) is 3.34. The van der Waals surface area contributed by atoms with Crippen LogP contribution < -0.4 is 11.5 Å². The van der Waals surface area contributed by atoms with E-state index in [0.717, 1.165) is 23.3 Å². The van der Waals surface area contributed by atoms with Crippen molar-refractivity contribution in [1.29, 1.82) is 0 Å². The lowest BCUT2D eigenvalue weighted by Gasteiger charge is -2.28. The molecule has 0 aliphatic rings. The maximum atomic E-state index is 6.00. The minimum atomic E-state index is 0.0805. The molecule has 108 valence electrons. The molecule has 0 fully saturated rings. The van der Waals surface area contributed by atoms with Gasteiger partial charge < -0.3 is 11.5 Å². The van der Waals surface area contributed by atoms with Crippen LogP contribution in [-0.4, -0.2) is 35.0 Å². The van der Waals surface area contributed by atoms with Crippen molar-refractivity contribution in [2.75, 3.05) is 25.9 Å². The molecule has 0 saturated carbocycles. The fraction of sp³-hybridized carbons (Fsp3) is 0.467. The van der Waals surface area contributed by atoms with Crippen molar-refractivity contribution in [3.8, 4) is 0 Å². The summed E-state index contributed by atoms with van der Waals surface area (Å²) in [6.07, 6.45) is 0. The first-order chi connectivity index (χ1) is 9.41. The van der Waals surface area contributed by atoms with Crippen molar-refractivity contribution in [3.05, 3.63) is 30.1 Å². The number of hydrogen-bond donors (Lipinski definition) is 2. The van der Waals surface area contributed by atoms with Crippen LogP contribution in [-0.2, 0) is 6.54 Å². The van der Waals surface area contributed by atoms with E-state index in [-0.39, 0.29) is 5.41 Å². The van der Waals surface area contributed by atoms with Crippen molar-refractivity contribution in [3.63, 3.8) is 0 Å². The molecule has 1 aromatic heterocycles. The Hall–Kier alpha value is -1.72. The van der Waals surface area contributed by atoms with E-state index in [1.54, 1.807) is 0 Å². The highest BCUT2D eigenvalue weighted by atomic mass is 15.1. The largest absolute Gasteiger partial charge is 0.383 e. The predicted octanol–water partition coefficient (Wildman–Crippen LogP) is 1.63. The van der Waals surface area contributed by atoms with Crippen LogP contribution in [0.1, 0.15) is 19.7 Å². The molecule has 2 rings (SSSR count). The zero-order valence-electron chi connectivity index (χ0n) is 12.4. The second-order valence-electron chi connectivity index (χ2n) is 6.08. The molecular formula is C15H23N5. The molecule has 4 N–H and O–H groups in total. The lowest BCUT2D eigenvalue weighted by atomic mass is 9.93. The molecule has 0 saturated heterocycles. The summed E-state index contributed by atoms with van der Waals surface area (Å²) in [6, 6.07) is 7.80. The van der Waals surface area contributed by atoms with Crippen LogP contribution in [0.25, 0.3) is 10.9 Å². The number of aromatic nitrogens is 2. The Bertz CT molecular complexity index is 594. The summed E-state index contributed by atoms with van der Waals surface area (Å²) in [5.41, 5.74) is 12.7. The number of nitrogens with zero attached hydrogens (tertiary/aromatic N) is 3. The van der Waals surface area contributed by atoms with E-state index in [0.29, 0.717) is 18.9 Å². The van der Waals surface area contributed by atoms with E-state index in [4.69, 9.17) is 11.5 Å². The molecule has 2 aromatic rings. The first-order valence-corrected chi connectivity index (χ1v) is 6.81. The number of anilines is 1. The second-order valence-corrected chi connectivity index (χ2v) is 6.08. The Morgan fingerprint density at radius 1 is 1.20 bits per heavy atom. The van der Waals surface area contributed by atoms with E-state index in [1.807, 2.05) is 31.3 Å². The van der Waals surface area contributed by atoms with Gasteiger partial charge in [0.2, 0.25) is 0 Å². The molecule has 5 heteroatoms. The Balaban J connectivity index is 2.18. The number of nitrogens with two attached hydrogens (primary N) is 2. The van der Waals surface area contributed by atoms with Crippen LogP contribution in [0.5, 0.6) is 0 Å². The average molecular weight is 273 g/mol. The molecule has 20 heavy (non-hydrogen) atoms. The van der Waals surface area contributed by atoms with Crippen molar-refractivity contribution in [2.24, 2.45) is 11.1 Å². The van der Waals surface area contributed by atoms with Gasteiger partial charge in [0.1, 0.15) is 11.6 Å². The summed E-state index contributed by atoms with van der Waals surface area (Å²) >= 11 is 0. The van der Waals surface area contributed by atoms with E-state index in [2.05, 4.69) is 28.7 Å². The summed E-state index contributed by atoms with van der Waals surface area (Å²) in [4.78, 5) is 11.1. The molecule has 1 heterocycles. The molecule has 0 bridgehead atoms. The van der Waals surface area contributed by atoms with Gasteiger partial charge in [0.25, 0.3) is 0 Å². The summed E-state index contributed by atoms with van der Waals surface area (Å²) in [7, 11) is 2.05. The standard InChI is InChI=1S/C15H23N5/c1-15(2,9-16)10-20(3)8-13-18-12-7-5-4-6-11(12)14(17)19-13/h4-7H,8-10,16H2,1-3H3,(H2,17,18,19). The first kappa shape index (κ1) is 14.7. The molecule has 0 aliphatic heterocycles. The van der Waals surface area contributed by atoms with Crippen molar-refractivity contribution in [2.45, 2.75) is 20.4 Å². The van der Waals surface area contributed by atoms with E-state index >= 15 is 0 Å². The number of rotatable bonds is 5. The number of hydrogen-bond acceptors (Lipinski definition) is 5.